The van der Waals surface area contributed by atoms with E-state index in [0.29, 0.717) is 0 Å². The smallest absolute Gasteiger partial charge is 0.548 e. The van der Waals surface area contributed by atoms with Gasteiger partial charge in [-0.15, -0.1) is 0 Å². The fraction of sp³-hybridized carbons (Fsp3) is 0.750. The molecule has 1 aliphatic heterocycles. The Kier molecular flexibility index (Phi) is 3.89. The van der Waals surface area contributed by atoms with Gasteiger partial charge in [0.15, 0.2) is 0 Å². The van der Waals surface area contributed by atoms with Crippen LogP contribution >= 0.6 is 0 Å². The van der Waals surface area contributed by atoms with Crippen molar-refractivity contribution in [1.82, 2.24) is 0 Å². The van der Waals surface area contributed by atoms with Crippen molar-refractivity contribution < 1.29 is 37.3 Å². The normalized spacial score (nSPS) is 36.8. The Bertz CT molecular complexity index is 60.3. The SMILES string of the molecule is O[C@@H]1[CH-]OC[C@H]1O.[Au+]. The van der Waals surface area contributed by atoms with Crippen molar-refractivity contribution >= 4 is 0 Å². The zero-order chi connectivity index (χ0) is 5.28. The molecule has 0 saturated carbocycles. The summed E-state index contributed by atoms with van der Waals surface area (Å²) in [5.41, 5.74) is 0. The minimum absolute atomic E-state index is 0. The van der Waals surface area contributed by atoms with Crippen LogP contribution < -0.4 is 0 Å². The molecule has 0 aromatic rings. The van der Waals surface area contributed by atoms with Gasteiger partial charge in [-0.05, 0) is 6.10 Å². The van der Waals surface area contributed by atoms with Gasteiger partial charge in [-0.1, -0.05) is 0 Å². The van der Waals surface area contributed by atoms with E-state index < -0.39 is 12.2 Å². The number of aliphatic hydroxyl groups excluding tert-OH is 2. The summed E-state index contributed by atoms with van der Waals surface area (Å²) in [6.45, 7) is 1.45. The average Bonchev–Trinajstić information content (AvgIpc) is 1.91. The molecule has 0 amide bonds. The summed E-state index contributed by atoms with van der Waals surface area (Å²) in [7, 11) is 0. The summed E-state index contributed by atoms with van der Waals surface area (Å²) >= 11 is 0. The van der Waals surface area contributed by atoms with Gasteiger partial charge in [0.1, 0.15) is 0 Å². The van der Waals surface area contributed by atoms with Gasteiger partial charge in [-0.25, -0.2) is 0 Å². The van der Waals surface area contributed by atoms with Crippen molar-refractivity contribution in [3.05, 3.63) is 6.61 Å². The summed E-state index contributed by atoms with van der Waals surface area (Å²) in [6.07, 6.45) is -1.49. The minimum Gasteiger partial charge on any atom is -0.548 e. The first-order chi connectivity index (χ1) is 3.30. The Morgan fingerprint density at radius 2 is 2.12 bits per heavy atom. The Labute approximate surface area is 63.2 Å². The van der Waals surface area contributed by atoms with Crippen LogP contribution in [0.3, 0.4) is 0 Å². The number of aliphatic hydroxyl groups is 2. The molecule has 4 heteroatoms. The fourth-order valence-electron chi connectivity index (χ4n) is 0.442. The molecule has 0 unspecified atom stereocenters. The second-order valence-electron chi connectivity index (χ2n) is 1.53. The molecule has 52 valence electrons. The number of ether oxygens (including phenoxy) is 1. The number of hydrogen-bond donors (Lipinski definition) is 2. The molecule has 0 aromatic carbocycles. The Morgan fingerprint density at radius 1 is 1.50 bits per heavy atom. The third kappa shape index (κ3) is 1.85. The summed E-state index contributed by atoms with van der Waals surface area (Å²) in [4.78, 5) is 0. The third-order valence-corrected chi connectivity index (χ3v) is 0.897. The van der Waals surface area contributed by atoms with Gasteiger partial charge in [0.25, 0.3) is 0 Å². The van der Waals surface area contributed by atoms with Crippen molar-refractivity contribution in [3.63, 3.8) is 0 Å². The van der Waals surface area contributed by atoms with Gasteiger partial charge >= 0.3 is 22.4 Å². The van der Waals surface area contributed by atoms with Crippen molar-refractivity contribution in [2.75, 3.05) is 6.61 Å². The largest absolute Gasteiger partial charge is 1.00 e. The van der Waals surface area contributed by atoms with E-state index in [9.17, 15) is 0 Å². The van der Waals surface area contributed by atoms with Crippen molar-refractivity contribution in [1.29, 1.82) is 0 Å². The summed E-state index contributed by atoms with van der Waals surface area (Å²) in [5.74, 6) is 0. The first-order valence-corrected chi connectivity index (χ1v) is 2.12. The molecule has 8 heavy (non-hydrogen) atoms. The van der Waals surface area contributed by atoms with Gasteiger partial charge in [0.05, 0.1) is 6.10 Å². The standard InChI is InChI=1S/C4H7O3.Au/c5-3-1-7-2-4(3)6;/h1,3-6H,2H2;/q-1;+1/t3-,4-;/m1./s1. The van der Waals surface area contributed by atoms with Crippen molar-refractivity contribution in [2.45, 2.75) is 12.2 Å². The molecule has 0 aromatic heterocycles. The van der Waals surface area contributed by atoms with Crippen LogP contribution in [0.5, 0.6) is 0 Å². The molecule has 0 spiro atoms. The van der Waals surface area contributed by atoms with E-state index in [1.165, 1.54) is 6.61 Å². The number of rotatable bonds is 0. The van der Waals surface area contributed by atoms with Crippen molar-refractivity contribution in [2.24, 2.45) is 0 Å². The summed E-state index contributed by atoms with van der Waals surface area (Å²) in [6, 6.07) is 0. The Balaban J connectivity index is 0.000000490. The number of hydrogen-bond acceptors (Lipinski definition) is 3. The van der Waals surface area contributed by atoms with E-state index >= 15 is 0 Å². The Morgan fingerprint density at radius 3 is 2.25 bits per heavy atom. The Hall–Kier alpha value is 0.620. The van der Waals surface area contributed by atoms with Crippen LogP contribution in [0.2, 0.25) is 0 Å². The molecule has 2 atom stereocenters. The fourth-order valence-corrected chi connectivity index (χ4v) is 0.442. The van der Waals surface area contributed by atoms with Crippen LogP contribution in [-0.4, -0.2) is 29.0 Å². The van der Waals surface area contributed by atoms with E-state index in [4.69, 9.17) is 10.2 Å². The van der Waals surface area contributed by atoms with Crippen LogP contribution in [0.1, 0.15) is 0 Å². The molecular weight excluding hydrogens is 293 g/mol. The molecule has 0 bridgehead atoms. The van der Waals surface area contributed by atoms with E-state index in [-0.39, 0.29) is 29.0 Å². The topological polar surface area (TPSA) is 49.7 Å². The second-order valence-corrected chi connectivity index (χ2v) is 1.53. The van der Waals surface area contributed by atoms with Gasteiger partial charge in [0.2, 0.25) is 0 Å². The molecule has 0 aliphatic carbocycles. The summed E-state index contributed by atoms with van der Waals surface area (Å²) < 4.78 is 4.54. The molecule has 3 nitrogen and oxygen atoms in total. The van der Waals surface area contributed by atoms with Crippen LogP contribution in [0.4, 0.5) is 0 Å². The maximum atomic E-state index is 8.59. The van der Waals surface area contributed by atoms with Crippen LogP contribution in [-0.2, 0) is 27.1 Å². The molecule has 1 aliphatic rings. The third-order valence-electron chi connectivity index (χ3n) is 0.897. The second kappa shape index (κ2) is 3.61. The average molecular weight is 300 g/mol. The monoisotopic (exact) mass is 300 g/mol. The molecule has 1 fully saturated rings. The van der Waals surface area contributed by atoms with Crippen LogP contribution in [0.15, 0.2) is 0 Å². The van der Waals surface area contributed by atoms with Crippen molar-refractivity contribution in [3.8, 4) is 0 Å². The van der Waals surface area contributed by atoms with E-state index in [0.717, 1.165) is 0 Å². The van der Waals surface area contributed by atoms with E-state index in [1.807, 2.05) is 0 Å². The predicted molar refractivity (Wildman–Crippen MR) is 22.3 cm³/mol. The first kappa shape index (κ1) is 8.62. The van der Waals surface area contributed by atoms with Crippen LogP contribution in [0, 0.1) is 6.61 Å². The van der Waals surface area contributed by atoms with Gasteiger partial charge in [0, 0.05) is 6.61 Å². The predicted octanol–water partition coefficient (Wildman–Crippen LogP) is -1.10. The minimum atomic E-state index is -0.778. The van der Waals surface area contributed by atoms with E-state index in [1.54, 1.807) is 0 Å². The molecule has 0 radical (unpaired) electrons. The zero-order valence-electron chi connectivity index (χ0n) is 4.04. The van der Waals surface area contributed by atoms with Gasteiger partial charge in [-0.2, -0.15) is 6.61 Å². The molecule has 1 rings (SSSR count). The molecule has 1 saturated heterocycles. The molecule has 1 heterocycles. The first-order valence-electron chi connectivity index (χ1n) is 2.12. The maximum Gasteiger partial charge on any atom is 1.00 e. The molecular formula is C4H7AuO3. The molecule has 2 N–H and O–H groups in total. The van der Waals surface area contributed by atoms with Gasteiger partial charge < -0.3 is 14.9 Å². The summed E-state index contributed by atoms with van der Waals surface area (Å²) in [5, 5.41) is 17.2. The zero-order valence-corrected chi connectivity index (χ0v) is 6.21. The van der Waals surface area contributed by atoms with Crippen LogP contribution in [0.25, 0.3) is 0 Å². The van der Waals surface area contributed by atoms with E-state index in [2.05, 4.69) is 4.74 Å². The van der Waals surface area contributed by atoms with Gasteiger partial charge in [-0.3, -0.25) is 0 Å². The maximum absolute atomic E-state index is 8.59. The quantitative estimate of drug-likeness (QED) is 0.441.